The minimum atomic E-state index is -4.63. The largest absolute Gasteiger partial charge is 0.416 e. The Bertz CT molecular complexity index is 767. The zero-order valence-electron chi connectivity index (χ0n) is 14.2. The smallest absolute Gasteiger partial charge is 0.298 e. The lowest BCUT2D eigenvalue weighted by molar-refractivity contribution is -0.137. The number of alkyl halides is 3. The van der Waals surface area contributed by atoms with E-state index in [0.717, 1.165) is 38.1 Å². The molecule has 2 aliphatic heterocycles. The van der Waals surface area contributed by atoms with Crippen molar-refractivity contribution in [1.29, 1.82) is 0 Å². The quantitative estimate of drug-likeness (QED) is 0.735. The summed E-state index contributed by atoms with van der Waals surface area (Å²) in [7, 11) is -4.10. The number of thioether (sulfide) groups is 1. The highest BCUT2D eigenvalue weighted by Crippen LogP contribution is 2.37. The van der Waals surface area contributed by atoms with E-state index in [9.17, 15) is 21.6 Å². The monoisotopic (exact) mass is 428 g/mol. The highest BCUT2D eigenvalue weighted by atomic mass is 35.5. The van der Waals surface area contributed by atoms with E-state index < -0.39 is 26.7 Å². The molecule has 0 aliphatic carbocycles. The summed E-state index contributed by atoms with van der Waals surface area (Å²) >= 11 is 7.55. The molecule has 1 aromatic rings. The molecule has 0 spiro atoms. The van der Waals surface area contributed by atoms with Crippen molar-refractivity contribution in [3.8, 4) is 0 Å². The Morgan fingerprint density at radius 3 is 2.42 bits per heavy atom. The van der Waals surface area contributed by atoms with Gasteiger partial charge < -0.3 is 0 Å². The molecular formula is C16H20ClF3N2O2S2. The van der Waals surface area contributed by atoms with Crippen LogP contribution in [0.3, 0.4) is 0 Å². The van der Waals surface area contributed by atoms with Crippen molar-refractivity contribution in [3.63, 3.8) is 0 Å². The molecule has 146 valence electrons. The Morgan fingerprint density at radius 1 is 1.19 bits per heavy atom. The minimum absolute atomic E-state index is 0.0758. The molecule has 2 heterocycles. The average Bonchev–Trinajstić information content (AvgIpc) is 3.23. The van der Waals surface area contributed by atoms with Gasteiger partial charge in [-0.3, -0.25) is 4.90 Å². The molecule has 1 aromatic carbocycles. The summed E-state index contributed by atoms with van der Waals surface area (Å²) in [5.74, 6) is 0. The first kappa shape index (κ1) is 20.3. The van der Waals surface area contributed by atoms with Gasteiger partial charge in [-0.2, -0.15) is 29.2 Å². The van der Waals surface area contributed by atoms with Crippen LogP contribution in [-0.4, -0.2) is 61.3 Å². The predicted octanol–water partition coefficient (Wildman–Crippen LogP) is 3.56. The summed E-state index contributed by atoms with van der Waals surface area (Å²) in [6, 6.07) is 2.50. The molecule has 0 amide bonds. The molecule has 0 bridgehead atoms. The van der Waals surface area contributed by atoms with Crippen molar-refractivity contribution < 1.29 is 21.6 Å². The first-order valence-electron chi connectivity index (χ1n) is 8.28. The van der Waals surface area contributed by atoms with E-state index in [-0.39, 0.29) is 29.4 Å². The van der Waals surface area contributed by atoms with Gasteiger partial charge in [0.1, 0.15) is 4.90 Å². The van der Waals surface area contributed by atoms with Crippen LogP contribution in [0.2, 0.25) is 5.02 Å². The van der Waals surface area contributed by atoms with E-state index in [1.807, 2.05) is 6.26 Å². The van der Waals surface area contributed by atoms with Gasteiger partial charge in [0.2, 0.25) is 10.0 Å². The number of hydrogen-bond donors (Lipinski definition) is 0. The van der Waals surface area contributed by atoms with Gasteiger partial charge in [0.15, 0.2) is 0 Å². The maximum atomic E-state index is 13.0. The van der Waals surface area contributed by atoms with Crippen LogP contribution in [0.1, 0.15) is 18.4 Å². The van der Waals surface area contributed by atoms with E-state index >= 15 is 0 Å². The molecule has 0 radical (unpaired) electrons. The first-order chi connectivity index (χ1) is 12.1. The summed E-state index contributed by atoms with van der Waals surface area (Å²) in [5.41, 5.74) is -1.02. The van der Waals surface area contributed by atoms with Crippen LogP contribution in [0, 0.1) is 0 Å². The number of halogens is 4. The van der Waals surface area contributed by atoms with Gasteiger partial charge in [-0.1, -0.05) is 11.6 Å². The van der Waals surface area contributed by atoms with Gasteiger partial charge in [0.05, 0.1) is 10.6 Å². The van der Waals surface area contributed by atoms with Crippen molar-refractivity contribution in [3.05, 3.63) is 28.8 Å². The lowest BCUT2D eigenvalue weighted by atomic mass is 10.2. The number of rotatable bonds is 4. The number of sulfonamides is 1. The Morgan fingerprint density at radius 2 is 1.85 bits per heavy atom. The fourth-order valence-corrected chi connectivity index (χ4v) is 6.57. The van der Waals surface area contributed by atoms with Gasteiger partial charge in [-0.15, -0.1) is 0 Å². The molecule has 0 unspecified atom stereocenters. The van der Waals surface area contributed by atoms with Crippen LogP contribution in [0.5, 0.6) is 0 Å². The normalized spacial score (nSPS) is 25.9. The highest BCUT2D eigenvalue weighted by molar-refractivity contribution is 7.99. The molecule has 3 rings (SSSR count). The minimum Gasteiger partial charge on any atom is -0.298 e. The lowest BCUT2D eigenvalue weighted by Gasteiger charge is -2.27. The van der Waals surface area contributed by atoms with E-state index in [1.54, 1.807) is 11.8 Å². The molecule has 10 heteroatoms. The van der Waals surface area contributed by atoms with Gasteiger partial charge in [0.25, 0.3) is 0 Å². The topological polar surface area (TPSA) is 40.6 Å². The van der Waals surface area contributed by atoms with Crippen LogP contribution in [0.25, 0.3) is 0 Å². The summed E-state index contributed by atoms with van der Waals surface area (Å²) < 4.78 is 66.2. The Balaban J connectivity index is 1.91. The lowest BCUT2D eigenvalue weighted by Crippen LogP contribution is -2.40. The molecule has 4 nitrogen and oxygen atoms in total. The third kappa shape index (κ3) is 3.87. The maximum absolute atomic E-state index is 13.0. The second-order valence-corrected chi connectivity index (χ2v) is 9.94. The summed E-state index contributed by atoms with van der Waals surface area (Å²) in [6.45, 7) is 2.41. The third-order valence-electron chi connectivity index (χ3n) is 4.99. The number of benzene rings is 1. The molecule has 26 heavy (non-hydrogen) atoms. The van der Waals surface area contributed by atoms with Crippen LogP contribution >= 0.6 is 23.4 Å². The van der Waals surface area contributed by atoms with Gasteiger partial charge in [-0.25, -0.2) is 8.42 Å². The van der Waals surface area contributed by atoms with Crippen LogP contribution in [-0.2, 0) is 16.2 Å². The van der Waals surface area contributed by atoms with E-state index in [4.69, 9.17) is 11.6 Å². The maximum Gasteiger partial charge on any atom is 0.416 e. The molecule has 0 saturated carbocycles. The van der Waals surface area contributed by atoms with E-state index in [2.05, 4.69) is 4.90 Å². The zero-order valence-corrected chi connectivity index (χ0v) is 16.6. The Hall–Kier alpha value is -0.480. The third-order valence-corrected chi connectivity index (χ3v) is 8.37. The number of likely N-dealkylation sites (tertiary alicyclic amines) is 1. The van der Waals surface area contributed by atoms with Crippen molar-refractivity contribution in [2.45, 2.75) is 35.2 Å². The fraction of sp³-hybridized carbons (Fsp3) is 0.625. The zero-order chi connectivity index (χ0) is 19.1. The van der Waals surface area contributed by atoms with E-state index in [0.29, 0.717) is 6.07 Å². The molecule has 0 N–H and O–H groups in total. The second-order valence-electron chi connectivity index (χ2n) is 6.55. The van der Waals surface area contributed by atoms with Gasteiger partial charge >= 0.3 is 6.18 Å². The van der Waals surface area contributed by atoms with Crippen molar-refractivity contribution in [2.24, 2.45) is 0 Å². The molecule has 2 atom stereocenters. The number of nitrogens with zero attached hydrogens (tertiary/aromatic N) is 2. The molecule has 2 fully saturated rings. The van der Waals surface area contributed by atoms with Crippen LogP contribution in [0.4, 0.5) is 13.2 Å². The van der Waals surface area contributed by atoms with Crippen molar-refractivity contribution in [2.75, 3.05) is 32.4 Å². The SMILES string of the molecule is CS[C@H]1CN(S(=O)(=O)c2cc(C(F)(F)F)ccc2Cl)C[C@H]1N1CCCC1. The first-order valence-corrected chi connectivity index (χ1v) is 11.4. The van der Waals surface area contributed by atoms with Gasteiger partial charge in [0, 0.05) is 24.4 Å². The van der Waals surface area contributed by atoms with Crippen molar-refractivity contribution >= 4 is 33.4 Å². The summed E-state index contributed by atoms with van der Waals surface area (Å²) in [6.07, 6.45) is -0.519. The molecular weight excluding hydrogens is 409 g/mol. The molecule has 0 aromatic heterocycles. The predicted molar refractivity (Wildman–Crippen MR) is 97.1 cm³/mol. The standard InChI is InChI=1S/C16H20ClF3N2O2S2/c1-25-14-10-22(9-13(14)21-6-2-3-7-21)26(23,24)15-8-11(16(18,19)20)4-5-12(15)17/h4-5,8,13-14H,2-3,6-7,9-10H2,1H3/t13-,14+/m1/s1. The van der Waals surface area contributed by atoms with E-state index in [1.165, 1.54) is 4.31 Å². The van der Waals surface area contributed by atoms with Crippen LogP contribution in [0.15, 0.2) is 23.1 Å². The Labute approximate surface area is 160 Å². The average molecular weight is 429 g/mol. The number of hydrogen-bond acceptors (Lipinski definition) is 4. The molecule has 2 aliphatic rings. The highest BCUT2D eigenvalue weighted by Gasteiger charge is 2.43. The second kappa shape index (κ2) is 7.50. The van der Waals surface area contributed by atoms with Gasteiger partial charge in [-0.05, 0) is 50.4 Å². The van der Waals surface area contributed by atoms with Crippen LogP contribution < -0.4 is 0 Å². The molecule has 2 saturated heterocycles. The summed E-state index contributed by atoms with van der Waals surface area (Å²) in [5, 5.41) is -0.101. The Kier molecular flexibility index (Phi) is 5.85. The van der Waals surface area contributed by atoms with Crippen molar-refractivity contribution in [1.82, 2.24) is 9.21 Å². The fourth-order valence-electron chi connectivity index (χ4n) is 3.59. The summed E-state index contributed by atoms with van der Waals surface area (Å²) in [4.78, 5) is 1.81.